The molecule has 0 saturated heterocycles. The van der Waals surface area contributed by atoms with Gasteiger partial charge in [0.1, 0.15) is 0 Å². The maximum atomic E-state index is 13.8. The number of carboxylic acid groups (broad SMARTS) is 1. The predicted octanol–water partition coefficient (Wildman–Crippen LogP) is 3.64. The van der Waals surface area contributed by atoms with Crippen LogP contribution in [0.15, 0.2) is 36.4 Å². The number of carboxylic acids is 1. The molecule has 0 aliphatic heterocycles. The van der Waals surface area contributed by atoms with Gasteiger partial charge < -0.3 is 5.11 Å². The van der Waals surface area contributed by atoms with Crippen LogP contribution in [-0.4, -0.2) is 11.1 Å². The first-order valence-corrected chi connectivity index (χ1v) is 5.29. The molecule has 0 aliphatic carbocycles. The largest absolute Gasteiger partial charge is 0.478 e. The van der Waals surface area contributed by atoms with Gasteiger partial charge in [-0.2, -0.15) is 0 Å². The summed E-state index contributed by atoms with van der Waals surface area (Å²) in [6, 6.07) is 9.26. The third-order valence-electron chi connectivity index (χ3n) is 2.64. The summed E-state index contributed by atoms with van der Waals surface area (Å²) < 4.78 is 27.3. The Morgan fingerprint density at radius 3 is 2.44 bits per heavy atom. The molecule has 0 radical (unpaired) electrons. The van der Waals surface area contributed by atoms with Gasteiger partial charge >= 0.3 is 5.97 Å². The average molecular weight is 248 g/mol. The topological polar surface area (TPSA) is 37.3 Å². The van der Waals surface area contributed by atoms with Crippen LogP contribution in [0.1, 0.15) is 15.9 Å². The highest BCUT2D eigenvalue weighted by atomic mass is 19.2. The van der Waals surface area contributed by atoms with Crippen molar-refractivity contribution in [2.24, 2.45) is 0 Å². The second-order valence-corrected chi connectivity index (χ2v) is 3.96. The molecule has 92 valence electrons. The highest BCUT2D eigenvalue weighted by Gasteiger charge is 2.18. The molecule has 0 spiro atoms. The lowest BCUT2D eigenvalue weighted by Crippen LogP contribution is -2.03. The Bertz CT molecular complexity index is 621. The van der Waals surface area contributed by atoms with Gasteiger partial charge in [-0.3, -0.25) is 0 Å². The molecule has 4 heteroatoms. The minimum Gasteiger partial charge on any atom is -0.478 e. The van der Waals surface area contributed by atoms with Crippen LogP contribution >= 0.6 is 0 Å². The van der Waals surface area contributed by atoms with Gasteiger partial charge in [-0.25, -0.2) is 13.6 Å². The fraction of sp³-hybridized carbons (Fsp3) is 0.0714. The van der Waals surface area contributed by atoms with Crippen LogP contribution in [0.2, 0.25) is 0 Å². The van der Waals surface area contributed by atoms with E-state index in [2.05, 4.69) is 0 Å². The Kier molecular flexibility index (Phi) is 3.10. The van der Waals surface area contributed by atoms with Crippen LogP contribution < -0.4 is 0 Å². The lowest BCUT2D eigenvalue weighted by molar-refractivity contribution is 0.0690. The summed E-state index contributed by atoms with van der Waals surface area (Å²) >= 11 is 0. The molecule has 1 N–H and O–H groups in total. The van der Waals surface area contributed by atoms with Crippen molar-refractivity contribution in [2.75, 3.05) is 0 Å². The number of aryl methyl sites for hydroxylation is 1. The molecule has 0 aromatic heterocycles. The third kappa shape index (κ3) is 2.09. The van der Waals surface area contributed by atoms with Gasteiger partial charge in [-0.1, -0.05) is 35.9 Å². The Balaban J connectivity index is 2.61. The molecular formula is C14H10F2O2. The lowest BCUT2D eigenvalue weighted by atomic mass is 10.0. The lowest BCUT2D eigenvalue weighted by Gasteiger charge is -2.07. The Morgan fingerprint density at radius 2 is 1.83 bits per heavy atom. The fourth-order valence-corrected chi connectivity index (χ4v) is 1.75. The van der Waals surface area contributed by atoms with Crippen LogP contribution in [0.3, 0.4) is 0 Å². The highest BCUT2D eigenvalue weighted by Crippen LogP contribution is 2.26. The molecule has 2 rings (SSSR count). The van der Waals surface area contributed by atoms with E-state index in [1.807, 2.05) is 13.0 Å². The number of carbonyl (C=O) groups is 1. The summed E-state index contributed by atoms with van der Waals surface area (Å²) in [5, 5.41) is 8.69. The number of benzene rings is 2. The maximum absolute atomic E-state index is 13.8. The molecule has 2 nitrogen and oxygen atoms in total. The molecule has 0 saturated carbocycles. The molecule has 0 atom stereocenters. The Hall–Kier alpha value is -2.23. The van der Waals surface area contributed by atoms with Gasteiger partial charge in [-0.15, -0.1) is 0 Å². The zero-order valence-electron chi connectivity index (χ0n) is 9.58. The van der Waals surface area contributed by atoms with Crippen molar-refractivity contribution in [1.29, 1.82) is 0 Å². The highest BCUT2D eigenvalue weighted by molar-refractivity contribution is 5.88. The molecule has 0 bridgehead atoms. The van der Waals surface area contributed by atoms with Gasteiger partial charge in [0.05, 0.1) is 5.56 Å². The van der Waals surface area contributed by atoms with Crippen LogP contribution in [0.5, 0.6) is 0 Å². The van der Waals surface area contributed by atoms with Crippen LogP contribution in [0, 0.1) is 18.6 Å². The summed E-state index contributed by atoms with van der Waals surface area (Å²) in [5.41, 5.74) is 0.822. The van der Waals surface area contributed by atoms with E-state index in [9.17, 15) is 13.6 Å². The number of aromatic carboxylic acids is 1. The second-order valence-electron chi connectivity index (χ2n) is 3.96. The van der Waals surface area contributed by atoms with E-state index in [0.717, 1.165) is 11.6 Å². The molecule has 2 aromatic rings. The number of halogens is 2. The molecule has 0 fully saturated rings. The van der Waals surface area contributed by atoms with Gasteiger partial charge in [0.2, 0.25) is 0 Å². The monoisotopic (exact) mass is 248 g/mol. The maximum Gasteiger partial charge on any atom is 0.338 e. The van der Waals surface area contributed by atoms with E-state index in [1.165, 1.54) is 6.07 Å². The summed E-state index contributed by atoms with van der Waals surface area (Å²) in [5.74, 6) is -3.95. The first kappa shape index (κ1) is 12.2. The molecule has 18 heavy (non-hydrogen) atoms. The van der Waals surface area contributed by atoms with Gasteiger partial charge in [0.25, 0.3) is 0 Å². The quantitative estimate of drug-likeness (QED) is 0.880. The summed E-state index contributed by atoms with van der Waals surface area (Å²) in [7, 11) is 0. The fourth-order valence-electron chi connectivity index (χ4n) is 1.75. The van der Waals surface area contributed by atoms with E-state index in [-0.39, 0.29) is 5.56 Å². The summed E-state index contributed by atoms with van der Waals surface area (Å²) in [6.07, 6.45) is 0. The van der Waals surface area contributed by atoms with Crippen molar-refractivity contribution in [3.05, 3.63) is 59.2 Å². The number of hydrogen-bond donors (Lipinski definition) is 1. The van der Waals surface area contributed by atoms with Crippen molar-refractivity contribution in [3.8, 4) is 11.1 Å². The molecular weight excluding hydrogens is 238 g/mol. The molecule has 0 aliphatic rings. The van der Waals surface area contributed by atoms with Crippen molar-refractivity contribution in [2.45, 2.75) is 6.92 Å². The normalized spacial score (nSPS) is 10.4. The van der Waals surface area contributed by atoms with E-state index < -0.39 is 23.2 Å². The van der Waals surface area contributed by atoms with Crippen molar-refractivity contribution < 1.29 is 18.7 Å². The SMILES string of the molecule is Cc1cccc(-c2ccc(C(=O)O)c(F)c2F)c1. The summed E-state index contributed by atoms with van der Waals surface area (Å²) in [4.78, 5) is 10.7. The van der Waals surface area contributed by atoms with Gasteiger partial charge in [0, 0.05) is 5.56 Å². The minimum atomic E-state index is -1.48. The number of rotatable bonds is 2. The third-order valence-corrected chi connectivity index (χ3v) is 2.64. The molecule has 0 unspecified atom stereocenters. The van der Waals surface area contributed by atoms with Crippen LogP contribution in [-0.2, 0) is 0 Å². The standard InChI is InChI=1S/C14H10F2O2/c1-8-3-2-4-9(7-8)10-5-6-11(14(17)18)13(16)12(10)15/h2-7H,1H3,(H,17,18). The average Bonchev–Trinajstić information content (AvgIpc) is 2.32. The van der Waals surface area contributed by atoms with Crippen LogP contribution in [0.4, 0.5) is 8.78 Å². The first-order chi connectivity index (χ1) is 8.50. The van der Waals surface area contributed by atoms with E-state index in [4.69, 9.17) is 5.11 Å². The van der Waals surface area contributed by atoms with Gasteiger partial charge in [-0.05, 0) is 18.6 Å². The van der Waals surface area contributed by atoms with E-state index >= 15 is 0 Å². The minimum absolute atomic E-state index is 0.0567. The first-order valence-electron chi connectivity index (χ1n) is 5.29. The van der Waals surface area contributed by atoms with Crippen LogP contribution in [0.25, 0.3) is 11.1 Å². The zero-order chi connectivity index (χ0) is 13.3. The smallest absolute Gasteiger partial charge is 0.338 e. The Labute approximate surface area is 103 Å². The van der Waals surface area contributed by atoms with Crippen molar-refractivity contribution >= 4 is 5.97 Å². The summed E-state index contributed by atoms with van der Waals surface area (Å²) in [6.45, 7) is 1.84. The van der Waals surface area contributed by atoms with E-state index in [0.29, 0.717) is 5.56 Å². The Morgan fingerprint density at radius 1 is 1.11 bits per heavy atom. The second kappa shape index (κ2) is 4.56. The van der Waals surface area contributed by atoms with E-state index in [1.54, 1.807) is 18.2 Å². The number of hydrogen-bond acceptors (Lipinski definition) is 1. The molecule has 0 heterocycles. The molecule has 2 aromatic carbocycles. The van der Waals surface area contributed by atoms with Gasteiger partial charge in [0.15, 0.2) is 11.6 Å². The predicted molar refractivity (Wildman–Crippen MR) is 63.5 cm³/mol. The zero-order valence-corrected chi connectivity index (χ0v) is 9.58. The van der Waals surface area contributed by atoms with Crippen molar-refractivity contribution in [1.82, 2.24) is 0 Å². The molecule has 0 amide bonds. The van der Waals surface area contributed by atoms with Crippen molar-refractivity contribution in [3.63, 3.8) is 0 Å².